The molecular formula is C11H18NaO4P. The second-order valence-corrected chi connectivity index (χ2v) is 6.00. The van der Waals surface area contributed by atoms with Gasteiger partial charge in [-0.15, -0.1) is 0 Å². The summed E-state index contributed by atoms with van der Waals surface area (Å²) in [6, 6.07) is 5.24. The molecule has 92 valence electrons. The Hall–Kier alpha value is 0.170. The van der Waals surface area contributed by atoms with Crippen LogP contribution in [0, 0.1) is 6.92 Å². The predicted octanol–water partition coefficient (Wildman–Crippen LogP) is -0.119. The normalized spacial score (nSPS) is 11.9. The number of hydrogen-bond acceptors (Lipinski definition) is 2. The van der Waals surface area contributed by atoms with Crippen LogP contribution in [0.1, 0.15) is 33.3 Å². The Morgan fingerprint density at radius 2 is 1.82 bits per heavy atom. The van der Waals surface area contributed by atoms with Crippen LogP contribution in [0.4, 0.5) is 0 Å². The van der Waals surface area contributed by atoms with E-state index in [1.165, 1.54) is 0 Å². The largest absolute Gasteiger partial charge is 1.00 e. The van der Waals surface area contributed by atoms with Gasteiger partial charge >= 0.3 is 37.4 Å². The standard InChI is InChI=1S/C11H17O4P.Na.H/c1-8-5-6-10(15-16(12,13)14)9(7-8)11(2,3)4;;/h5-7H,1-4H3,(H2,12,13,14);;/q;+1;-1. The number of phosphoric ester groups is 1. The zero-order chi connectivity index (χ0) is 12.6. The van der Waals surface area contributed by atoms with E-state index in [-0.39, 0.29) is 42.1 Å². The Morgan fingerprint density at radius 3 is 2.24 bits per heavy atom. The van der Waals surface area contributed by atoms with Gasteiger partial charge in [-0.25, -0.2) is 4.57 Å². The van der Waals surface area contributed by atoms with Crippen LogP contribution in [0.3, 0.4) is 0 Å². The van der Waals surface area contributed by atoms with Gasteiger partial charge in [-0.2, -0.15) is 0 Å². The first-order chi connectivity index (χ1) is 7.09. The summed E-state index contributed by atoms with van der Waals surface area (Å²) in [5.41, 5.74) is 1.59. The van der Waals surface area contributed by atoms with E-state index in [0.717, 1.165) is 11.1 Å². The molecule has 0 aliphatic rings. The molecule has 1 aromatic rings. The van der Waals surface area contributed by atoms with Crippen molar-refractivity contribution in [3.8, 4) is 5.75 Å². The van der Waals surface area contributed by atoms with Crippen molar-refractivity contribution < 1.29 is 49.9 Å². The number of rotatable bonds is 2. The van der Waals surface area contributed by atoms with Crippen molar-refractivity contribution in [2.75, 3.05) is 0 Å². The van der Waals surface area contributed by atoms with Crippen molar-refractivity contribution in [3.05, 3.63) is 29.3 Å². The van der Waals surface area contributed by atoms with Gasteiger partial charge in [0.2, 0.25) is 0 Å². The second kappa shape index (κ2) is 5.87. The minimum absolute atomic E-state index is 0. The van der Waals surface area contributed by atoms with Crippen molar-refractivity contribution >= 4 is 7.82 Å². The van der Waals surface area contributed by atoms with Crippen molar-refractivity contribution in [1.29, 1.82) is 0 Å². The molecule has 1 aromatic carbocycles. The third-order valence-corrected chi connectivity index (χ3v) is 2.59. The van der Waals surface area contributed by atoms with Crippen LogP contribution in [0.2, 0.25) is 0 Å². The number of hydrogen-bond donors (Lipinski definition) is 2. The zero-order valence-electron chi connectivity index (χ0n) is 11.9. The van der Waals surface area contributed by atoms with E-state index in [0.29, 0.717) is 0 Å². The van der Waals surface area contributed by atoms with E-state index in [1.54, 1.807) is 12.1 Å². The topological polar surface area (TPSA) is 66.8 Å². The molecule has 0 unspecified atom stereocenters. The number of phosphoric acid groups is 1. The van der Waals surface area contributed by atoms with Gasteiger partial charge in [0.15, 0.2) is 0 Å². The van der Waals surface area contributed by atoms with E-state index >= 15 is 0 Å². The molecular weight excluding hydrogens is 250 g/mol. The molecule has 4 nitrogen and oxygen atoms in total. The average Bonchev–Trinajstić information content (AvgIpc) is 2.04. The van der Waals surface area contributed by atoms with Crippen LogP contribution in [0.25, 0.3) is 0 Å². The third kappa shape index (κ3) is 5.56. The van der Waals surface area contributed by atoms with Gasteiger partial charge in [0, 0.05) is 5.56 Å². The predicted molar refractivity (Wildman–Crippen MR) is 63.7 cm³/mol. The molecule has 0 saturated carbocycles. The van der Waals surface area contributed by atoms with Crippen LogP contribution in [0.15, 0.2) is 18.2 Å². The van der Waals surface area contributed by atoms with E-state index in [4.69, 9.17) is 9.79 Å². The number of aryl methyl sites for hydroxylation is 1. The smallest absolute Gasteiger partial charge is 1.00 e. The van der Waals surface area contributed by atoms with Crippen LogP contribution >= 0.6 is 7.82 Å². The van der Waals surface area contributed by atoms with Crippen molar-refractivity contribution in [3.63, 3.8) is 0 Å². The summed E-state index contributed by atoms with van der Waals surface area (Å²) in [4.78, 5) is 17.6. The molecule has 0 aromatic heterocycles. The summed E-state index contributed by atoms with van der Waals surface area (Å²) in [5, 5.41) is 0. The second-order valence-electron chi connectivity index (χ2n) is 4.83. The van der Waals surface area contributed by atoms with Crippen LogP contribution in [0.5, 0.6) is 5.75 Å². The quantitative estimate of drug-likeness (QED) is 0.580. The van der Waals surface area contributed by atoms with Gasteiger partial charge in [0.1, 0.15) is 5.75 Å². The molecule has 0 saturated heterocycles. The fourth-order valence-electron chi connectivity index (χ4n) is 1.44. The molecule has 2 N–H and O–H groups in total. The maximum Gasteiger partial charge on any atom is 1.00 e. The fourth-order valence-corrected chi connectivity index (χ4v) is 1.85. The molecule has 0 spiro atoms. The van der Waals surface area contributed by atoms with E-state index < -0.39 is 7.82 Å². The summed E-state index contributed by atoms with van der Waals surface area (Å²) < 4.78 is 15.5. The van der Waals surface area contributed by atoms with Crippen LogP contribution in [-0.4, -0.2) is 9.79 Å². The molecule has 1 rings (SSSR count). The van der Waals surface area contributed by atoms with Crippen molar-refractivity contribution in [1.82, 2.24) is 0 Å². The third-order valence-electron chi connectivity index (χ3n) is 2.16. The summed E-state index contributed by atoms with van der Waals surface area (Å²) >= 11 is 0. The number of benzene rings is 1. The first-order valence-electron chi connectivity index (χ1n) is 4.96. The van der Waals surface area contributed by atoms with Gasteiger partial charge in [-0.3, -0.25) is 9.79 Å². The maximum atomic E-state index is 10.8. The van der Waals surface area contributed by atoms with Crippen LogP contribution < -0.4 is 34.1 Å². The molecule has 0 bridgehead atoms. The monoisotopic (exact) mass is 268 g/mol. The maximum absolute atomic E-state index is 10.8. The van der Waals surface area contributed by atoms with Gasteiger partial charge in [-0.1, -0.05) is 38.5 Å². The SMILES string of the molecule is Cc1ccc(OP(=O)(O)O)c(C(C)(C)C)c1.[H-].[Na+]. The molecule has 0 aliphatic heterocycles. The summed E-state index contributed by atoms with van der Waals surface area (Å²) in [7, 11) is -4.50. The molecule has 0 radical (unpaired) electrons. The van der Waals surface area contributed by atoms with Crippen molar-refractivity contribution in [2.24, 2.45) is 0 Å². The van der Waals surface area contributed by atoms with E-state index in [9.17, 15) is 4.57 Å². The Labute approximate surface area is 125 Å². The Morgan fingerprint density at radius 1 is 1.29 bits per heavy atom. The van der Waals surface area contributed by atoms with Gasteiger partial charge in [0.05, 0.1) is 0 Å². The molecule has 6 heteroatoms. The molecule has 0 atom stereocenters. The average molecular weight is 268 g/mol. The first kappa shape index (κ1) is 17.2. The minimum Gasteiger partial charge on any atom is -1.00 e. The van der Waals surface area contributed by atoms with Gasteiger partial charge < -0.3 is 5.95 Å². The van der Waals surface area contributed by atoms with Crippen molar-refractivity contribution in [2.45, 2.75) is 33.1 Å². The molecule has 0 amide bonds. The summed E-state index contributed by atoms with van der Waals surface area (Å²) in [6.07, 6.45) is 0. The molecule has 0 heterocycles. The summed E-state index contributed by atoms with van der Waals surface area (Å²) in [5.74, 6) is 0.242. The van der Waals surface area contributed by atoms with E-state index in [2.05, 4.69) is 4.52 Å². The van der Waals surface area contributed by atoms with Gasteiger partial charge in [-0.05, 0) is 18.4 Å². The molecule has 0 fully saturated rings. The first-order valence-corrected chi connectivity index (χ1v) is 6.49. The van der Waals surface area contributed by atoms with Gasteiger partial charge in [0.25, 0.3) is 0 Å². The fraction of sp³-hybridized carbons (Fsp3) is 0.455. The van der Waals surface area contributed by atoms with E-state index in [1.807, 2.05) is 33.8 Å². The summed E-state index contributed by atoms with van der Waals surface area (Å²) in [6.45, 7) is 7.83. The zero-order valence-corrected chi connectivity index (χ0v) is 13.8. The Kier molecular flexibility index (Phi) is 5.93. The molecule has 17 heavy (non-hydrogen) atoms. The Bertz CT molecular complexity index is 439. The van der Waals surface area contributed by atoms with Crippen LogP contribution in [-0.2, 0) is 9.98 Å². The Balaban J connectivity index is 0. The molecule has 0 aliphatic carbocycles. The minimum atomic E-state index is -4.50.